The number of carbonyl (C=O) groups excluding carboxylic acids is 3. The smallest absolute Gasteiger partial charge is 0.338 e. The van der Waals surface area contributed by atoms with Crippen LogP contribution in [0.4, 0.5) is 0 Å². The van der Waals surface area contributed by atoms with Crippen LogP contribution < -0.4 is 28.4 Å². The fraction of sp³-hybridized carbons (Fsp3) is 0.604. The van der Waals surface area contributed by atoms with E-state index in [1.54, 1.807) is 24.3 Å². The highest BCUT2D eigenvalue weighted by Gasteiger charge is 2.64. The minimum atomic E-state index is -0.973. The maximum atomic E-state index is 12.6. The van der Waals surface area contributed by atoms with E-state index in [-0.39, 0.29) is 5.41 Å². The number of nitrogens with zero attached hydrogens (tertiary/aromatic N) is 2. The van der Waals surface area contributed by atoms with Crippen LogP contribution >= 0.6 is 0 Å². The molecule has 4 aliphatic carbocycles. The maximum absolute atomic E-state index is 12.6. The lowest BCUT2D eigenvalue weighted by molar-refractivity contribution is -0.116. The number of ether oxygens (including phenoxy) is 8. The van der Waals surface area contributed by atoms with Crippen LogP contribution in [0.2, 0.25) is 0 Å². The van der Waals surface area contributed by atoms with E-state index in [1.807, 2.05) is 6.08 Å². The number of fused-ring (bicyclic) bond motifs is 5. The van der Waals surface area contributed by atoms with Gasteiger partial charge in [0, 0.05) is 38.0 Å². The molecule has 5 aliphatic rings. The average molecular weight is 929 g/mol. The normalized spacial score (nSPS) is 25.9. The van der Waals surface area contributed by atoms with Crippen molar-refractivity contribution >= 4 is 17.7 Å². The number of carbonyl (C=O) groups is 3. The summed E-state index contributed by atoms with van der Waals surface area (Å²) >= 11 is 0. The zero-order chi connectivity index (χ0) is 48.3. The number of esters is 2. The topological polar surface area (TPSA) is 152 Å². The number of hydrogen-bond acceptors (Lipinski definition) is 14. The van der Waals surface area contributed by atoms with Crippen molar-refractivity contribution in [3.63, 3.8) is 0 Å². The molecule has 3 saturated carbocycles. The summed E-state index contributed by atoms with van der Waals surface area (Å²) in [4.78, 5) is 41.8. The maximum Gasteiger partial charge on any atom is 0.338 e. The minimum Gasteiger partial charge on any atom is -0.493 e. The summed E-state index contributed by atoms with van der Waals surface area (Å²) in [5, 5.41) is 11.2. The number of rotatable bonds is 17. The Kier molecular flexibility index (Phi) is 17.7. The number of terminal acetylenes is 1. The summed E-state index contributed by atoms with van der Waals surface area (Å²) in [5.41, 5.74) is 2.16. The Balaban J connectivity index is 0.000000257. The molecule has 0 spiro atoms. The van der Waals surface area contributed by atoms with Gasteiger partial charge in [-0.2, -0.15) is 0 Å². The van der Waals surface area contributed by atoms with Crippen LogP contribution in [-0.2, 0) is 14.3 Å². The molecule has 0 bridgehead atoms. The van der Waals surface area contributed by atoms with Gasteiger partial charge >= 0.3 is 11.9 Å². The average Bonchev–Trinajstić information content (AvgIpc) is 3.47. The Labute approximate surface area is 397 Å². The van der Waals surface area contributed by atoms with Gasteiger partial charge in [-0.05, 0) is 131 Å². The van der Waals surface area contributed by atoms with Gasteiger partial charge in [0.1, 0.15) is 5.60 Å². The van der Waals surface area contributed by atoms with Crippen LogP contribution in [0, 0.1) is 41.4 Å². The summed E-state index contributed by atoms with van der Waals surface area (Å²) in [7, 11) is 9.04. The van der Waals surface area contributed by atoms with Crippen molar-refractivity contribution in [1.82, 2.24) is 9.80 Å². The molecule has 1 saturated heterocycles. The second kappa shape index (κ2) is 23.2. The van der Waals surface area contributed by atoms with Crippen molar-refractivity contribution in [2.75, 3.05) is 95.1 Å². The number of aliphatic hydroxyl groups is 1. The first kappa shape index (κ1) is 51.2. The third-order valence-electron chi connectivity index (χ3n) is 15.1. The summed E-state index contributed by atoms with van der Waals surface area (Å²) < 4.78 is 42.9. The Morgan fingerprint density at radius 2 is 1.27 bits per heavy atom. The summed E-state index contributed by atoms with van der Waals surface area (Å²) in [6, 6.07) is 6.34. The second-order valence-electron chi connectivity index (χ2n) is 18.4. The van der Waals surface area contributed by atoms with Crippen molar-refractivity contribution in [3.05, 3.63) is 59.2 Å². The van der Waals surface area contributed by atoms with E-state index in [0.29, 0.717) is 94.7 Å². The van der Waals surface area contributed by atoms with Crippen molar-refractivity contribution < 1.29 is 57.4 Å². The standard InChI is InChI=1S/C31H44N2O10.C22H28O2/c1-36-24-18-22(19-25(37-2)28(24)40-5)30(34)42-16-8-12-32-10-7-11-33(15-14-32)13-9-17-43-31(35)23-20-26(38-3)29(41-6)27(21-23)39-4;1-4-21-13-14(3)20-17-9-7-16(23)12-15(17)6-8-18(20)19(21)10-11-22(21,24)5-2/h18-21H,7-17H2,1-6H3;2,12,17-20,24H,3-4,6-11,13H2,1H3/t;17-,18-,19-,20+,21-,22-/m.0/s1. The number of benzene rings is 2. The first-order chi connectivity index (χ1) is 32.3. The van der Waals surface area contributed by atoms with E-state index in [4.69, 9.17) is 44.3 Å². The van der Waals surface area contributed by atoms with Gasteiger partial charge in [-0.15, -0.1) is 6.42 Å². The Morgan fingerprint density at radius 1 is 0.761 bits per heavy atom. The predicted octanol–water partition coefficient (Wildman–Crippen LogP) is 7.59. The summed E-state index contributed by atoms with van der Waals surface area (Å²) in [6.45, 7) is 12.8. The summed E-state index contributed by atoms with van der Waals surface area (Å²) in [6.07, 6.45) is 17.6. The third-order valence-corrected chi connectivity index (χ3v) is 15.1. The van der Waals surface area contributed by atoms with Crippen molar-refractivity contribution in [2.45, 2.75) is 83.2 Å². The molecule has 0 unspecified atom stereocenters. The van der Waals surface area contributed by atoms with Crippen molar-refractivity contribution in [3.8, 4) is 46.8 Å². The second-order valence-corrected chi connectivity index (χ2v) is 18.4. The zero-order valence-corrected chi connectivity index (χ0v) is 40.7. The molecule has 14 heteroatoms. The SMILES string of the molecule is C#C[C@]1(O)CC[C@H]2[C@@H]3CCC4=CC(=O)CC[C@@H]4[C@H]3C(=C)C[C@@]21CC.COc1cc(C(=O)OCCCN2CCCN(CCCOC(=O)c3cc(OC)c(OC)c(OC)c3)CC2)cc(OC)c1OC. The molecule has 1 N–H and O–H groups in total. The molecule has 67 heavy (non-hydrogen) atoms. The molecule has 1 aliphatic heterocycles. The largest absolute Gasteiger partial charge is 0.493 e. The zero-order valence-electron chi connectivity index (χ0n) is 40.7. The summed E-state index contributed by atoms with van der Waals surface area (Å²) in [5.74, 6) is 6.71. The highest BCUT2D eigenvalue weighted by atomic mass is 16.5. The number of hydrogen-bond donors (Lipinski definition) is 1. The number of ketones is 1. The van der Waals surface area contributed by atoms with Crippen LogP contribution in [0.3, 0.4) is 0 Å². The first-order valence-corrected chi connectivity index (χ1v) is 23.8. The first-order valence-electron chi connectivity index (χ1n) is 23.8. The lowest BCUT2D eigenvalue weighted by atomic mass is 9.48. The quantitative estimate of drug-likeness (QED) is 0.0718. The van der Waals surface area contributed by atoms with Gasteiger partial charge < -0.3 is 52.8 Å². The lowest BCUT2D eigenvalue weighted by Crippen LogP contribution is -2.54. The van der Waals surface area contributed by atoms with Crippen LogP contribution in [0.25, 0.3) is 0 Å². The van der Waals surface area contributed by atoms with Crippen molar-refractivity contribution in [1.29, 1.82) is 0 Å². The highest BCUT2D eigenvalue weighted by Crippen LogP contribution is 2.67. The third kappa shape index (κ3) is 11.1. The lowest BCUT2D eigenvalue weighted by Gasteiger charge is -2.56. The molecular weight excluding hydrogens is 857 g/mol. The molecule has 2 aromatic rings. The number of allylic oxidation sites excluding steroid dienone is 2. The minimum absolute atomic E-state index is 0.189. The van der Waals surface area contributed by atoms with E-state index in [0.717, 1.165) is 103 Å². The Bertz CT molecular complexity index is 2020. The Hall–Kier alpha value is -5.23. The van der Waals surface area contributed by atoms with Crippen LogP contribution in [-0.4, -0.2) is 133 Å². The molecule has 366 valence electrons. The molecule has 6 atom stereocenters. The van der Waals surface area contributed by atoms with Gasteiger partial charge in [0.15, 0.2) is 28.8 Å². The van der Waals surface area contributed by atoms with Gasteiger partial charge in [0.05, 0.1) is 67.0 Å². The number of methoxy groups -OCH3 is 6. The monoisotopic (exact) mass is 929 g/mol. The van der Waals surface area contributed by atoms with Crippen LogP contribution in [0.1, 0.15) is 98.3 Å². The molecule has 0 aromatic heterocycles. The molecule has 0 radical (unpaired) electrons. The molecule has 2 aromatic carbocycles. The molecule has 4 fully saturated rings. The molecule has 7 rings (SSSR count). The fourth-order valence-corrected chi connectivity index (χ4v) is 11.8. The van der Waals surface area contributed by atoms with E-state index < -0.39 is 17.5 Å². The van der Waals surface area contributed by atoms with E-state index in [9.17, 15) is 19.5 Å². The van der Waals surface area contributed by atoms with E-state index in [2.05, 4.69) is 29.2 Å². The molecule has 1 heterocycles. The van der Waals surface area contributed by atoms with Crippen LogP contribution in [0.15, 0.2) is 48.1 Å². The van der Waals surface area contributed by atoms with Gasteiger partial charge in [-0.1, -0.05) is 30.6 Å². The van der Waals surface area contributed by atoms with E-state index in [1.165, 1.54) is 53.8 Å². The highest BCUT2D eigenvalue weighted by molar-refractivity contribution is 5.92. The van der Waals surface area contributed by atoms with Gasteiger partial charge in [-0.3, -0.25) is 4.79 Å². The van der Waals surface area contributed by atoms with Crippen LogP contribution in [0.5, 0.6) is 34.5 Å². The molecule has 0 amide bonds. The van der Waals surface area contributed by atoms with Gasteiger partial charge in [-0.25, -0.2) is 9.59 Å². The Morgan fingerprint density at radius 3 is 1.72 bits per heavy atom. The van der Waals surface area contributed by atoms with Gasteiger partial charge in [0.2, 0.25) is 11.5 Å². The van der Waals surface area contributed by atoms with Crippen molar-refractivity contribution in [2.24, 2.45) is 29.1 Å². The molecular formula is C53H72N2O12. The van der Waals surface area contributed by atoms with E-state index >= 15 is 0 Å². The van der Waals surface area contributed by atoms with Gasteiger partial charge in [0.25, 0.3) is 0 Å². The molecule has 14 nitrogen and oxygen atoms in total. The fourth-order valence-electron chi connectivity index (χ4n) is 11.8. The predicted molar refractivity (Wildman–Crippen MR) is 255 cm³/mol.